The minimum atomic E-state index is -0.349. The lowest BCUT2D eigenvalue weighted by Crippen LogP contribution is -2.70. The van der Waals surface area contributed by atoms with E-state index >= 15 is 0 Å². The van der Waals surface area contributed by atoms with Crippen molar-refractivity contribution in [1.29, 1.82) is 0 Å². The van der Waals surface area contributed by atoms with E-state index < -0.39 is 0 Å². The number of benzene rings is 1. The lowest BCUT2D eigenvalue weighted by Gasteiger charge is -2.58. The van der Waals surface area contributed by atoms with Crippen LogP contribution in [-0.2, 0) is 0 Å². The van der Waals surface area contributed by atoms with Crippen LogP contribution in [0, 0.1) is 0 Å². The number of carbonyl (C=O) groups is 2. The smallest absolute Gasteiger partial charge is 0.276 e. The lowest BCUT2D eigenvalue weighted by molar-refractivity contribution is -0.0250. The summed E-state index contributed by atoms with van der Waals surface area (Å²) in [5, 5.41) is 10.1. The van der Waals surface area contributed by atoms with Crippen molar-refractivity contribution in [1.82, 2.24) is 14.9 Å². The Morgan fingerprint density at radius 2 is 1.53 bits per heavy atom. The van der Waals surface area contributed by atoms with Gasteiger partial charge in [-0.2, -0.15) is 0 Å². The standard InChI is InChI=1S/C23H20N4O3/c28-14-20-21-15-7-1-2-10-18(15)26(22(29)16-8-3-5-11-24-16)13-19(21)27(20)23(30)17-9-4-6-12-25-17/h1-12,19-21,28H,13-14H2/t19-,20+,21+/m1/s1. The highest BCUT2D eigenvalue weighted by Crippen LogP contribution is 2.48. The van der Waals surface area contributed by atoms with E-state index in [1.165, 1.54) is 0 Å². The number of likely N-dealkylation sites (tertiary alicyclic amines) is 1. The first-order valence-electron chi connectivity index (χ1n) is 9.87. The summed E-state index contributed by atoms with van der Waals surface area (Å²) in [7, 11) is 0. The van der Waals surface area contributed by atoms with Gasteiger partial charge in [-0.25, -0.2) is 0 Å². The molecule has 1 saturated heterocycles. The van der Waals surface area contributed by atoms with Crippen molar-refractivity contribution < 1.29 is 14.7 Å². The molecule has 150 valence electrons. The predicted molar refractivity (Wildman–Crippen MR) is 110 cm³/mol. The molecule has 0 saturated carbocycles. The number of aliphatic hydroxyl groups excluding tert-OH is 1. The Morgan fingerprint density at radius 3 is 2.17 bits per heavy atom. The molecule has 7 nitrogen and oxygen atoms in total. The molecule has 3 aromatic rings. The first-order chi connectivity index (χ1) is 14.7. The van der Waals surface area contributed by atoms with E-state index in [1.807, 2.05) is 24.3 Å². The third-order valence-electron chi connectivity index (χ3n) is 5.93. The molecule has 0 aliphatic carbocycles. The highest BCUT2D eigenvalue weighted by Gasteiger charge is 2.55. The summed E-state index contributed by atoms with van der Waals surface area (Å²) in [6.07, 6.45) is 3.17. The van der Waals surface area contributed by atoms with Gasteiger partial charge < -0.3 is 14.9 Å². The summed E-state index contributed by atoms with van der Waals surface area (Å²) in [6, 6.07) is 17.5. The van der Waals surface area contributed by atoms with Gasteiger partial charge in [0.1, 0.15) is 11.4 Å². The van der Waals surface area contributed by atoms with Crippen molar-refractivity contribution in [3.05, 3.63) is 90.0 Å². The topological polar surface area (TPSA) is 86.6 Å². The number of carbonyl (C=O) groups excluding carboxylic acids is 2. The maximum atomic E-state index is 13.2. The summed E-state index contributed by atoms with van der Waals surface area (Å²) >= 11 is 0. The average molecular weight is 400 g/mol. The van der Waals surface area contributed by atoms with Gasteiger partial charge in [-0.3, -0.25) is 19.6 Å². The fraction of sp³-hybridized carbons (Fsp3) is 0.217. The van der Waals surface area contributed by atoms with Crippen molar-refractivity contribution in [2.24, 2.45) is 0 Å². The van der Waals surface area contributed by atoms with Crippen molar-refractivity contribution in [2.75, 3.05) is 18.1 Å². The molecule has 0 bridgehead atoms. The van der Waals surface area contributed by atoms with Gasteiger partial charge >= 0.3 is 0 Å². The van der Waals surface area contributed by atoms with Gasteiger partial charge in [-0.1, -0.05) is 30.3 Å². The second-order valence-electron chi connectivity index (χ2n) is 7.46. The minimum Gasteiger partial charge on any atom is -0.394 e. The molecule has 4 heterocycles. The van der Waals surface area contributed by atoms with Crippen LogP contribution < -0.4 is 4.90 Å². The second-order valence-corrected chi connectivity index (χ2v) is 7.46. The van der Waals surface area contributed by atoms with E-state index in [4.69, 9.17) is 0 Å². The molecule has 2 amide bonds. The summed E-state index contributed by atoms with van der Waals surface area (Å²) < 4.78 is 0. The molecule has 2 aliphatic rings. The predicted octanol–water partition coefficient (Wildman–Crippen LogP) is 2.11. The Balaban J connectivity index is 1.54. The van der Waals surface area contributed by atoms with E-state index in [1.54, 1.807) is 58.6 Å². The zero-order valence-electron chi connectivity index (χ0n) is 16.1. The Morgan fingerprint density at radius 1 is 0.900 bits per heavy atom. The third kappa shape index (κ3) is 2.78. The van der Waals surface area contributed by atoms with Crippen molar-refractivity contribution in [2.45, 2.75) is 18.0 Å². The number of anilines is 1. The highest BCUT2D eigenvalue weighted by atomic mass is 16.3. The number of nitrogens with zero attached hydrogens (tertiary/aromatic N) is 4. The van der Waals surface area contributed by atoms with E-state index in [-0.39, 0.29) is 36.4 Å². The number of para-hydroxylation sites is 1. The Bertz CT molecular complexity index is 1090. The van der Waals surface area contributed by atoms with Crippen LogP contribution in [0.1, 0.15) is 32.5 Å². The molecule has 2 aliphatic heterocycles. The van der Waals surface area contributed by atoms with E-state index in [9.17, 15) is 14.7 Å². The summed E-state index contributed by atoms with van der Waals surface area (Å²) in [5.41, 5.74) is 2.45. The average Bonchev–Trinajstić information content (AvgIpc) is 2.80. The van der Waals surface area contributed by atoms with E-state index in [0.29, 0.717) is 17.9 Å². The van der Waals surface area contributed by atoms with Gasteiger partial charge in [0.2, 0.25) is 0 Å². The molecule has 0 unspecified atom stereocenters. The molecular weight excluding hydrogens is 380 g/mol. The van der Waals surface area contributed by atoms with Gasteiger partial charge in [0, 0.05) is 30.5 Å². The Hall–Kier alpha value is -3.58. The number of amides is 2. The number of aliphatic hydroxyl groups is 1. The van der Waals surface area contributed by atoms with E-state index in [0.717, 1.165) is 11.3 Å². The largest absolute Gasteiger partial charge is 0.394 e. The molecule has 2 aromatic heterocycles. The SMILES string of the molecule is O=C(c1ccccn1)N1C[C@@H]2[C@H](c3ccccc31)[C@H](CO)N2C(=O)c1ccccn1. The van der Waals surface area contributed by atoms with Crippen LogP contribution in [0.25, 0.3) is 0 Å². The molecule has 3 atom stereocenters. The fourth-order valence-corrected chi connectivity index (χ4v) is 4.61. The zero-order valence-corrected chi connectivity index (χ0v) is 16.1. The van der Waals surface area contributed by atoms with Crippen LogP contribution in [0.15, 0.2) is 73.1 Å². The van der Waals surface area contributed by atoms with Gasteiger partial charge in [-0.15, -0.1) is 0 Å². The number of hydrogen-bond acceptors (Lipinski definition) is 5. The fourth-order valence-electron chi connectivity index (χ4n) is 4.61. The summed E-state index contributed by atoms with van der Waals surface area (Å²) in [4.78, 5) is 38.1. The van der Waals surface area contributed by atoms with Crippen molar-refractivity contribution in [3.63, 3.8) is 0 Å². The lowest BCUT2D eigenvalue weighted by atomic mass is 9.71. The van der Waals surface area contributed by atoms with Crippen LogP contribution >= 0.6 is 0 Å². The first-order valence-corrected chi connectivity index (χ1v) is 9.87. The van der Waals surface area contributed by atoms with Crippen LogP contribution in [0.2, 0.25) is 0 Å². The van der Waals surface area contributed by atoms with Gasteiger partial charge in [0.15, 0.2) is 0 Å². The second kappa shape index (κ2) is 7.35. The molecule has 30 heavy (non-hydrogen) atoms. The molecule has 1 aromatic carbocycles. The molecule has 5 rings (SSSR count). The number of aromatic nitrogens is 2. The van der Waals surface area contributed by atoms with Gasteiger partial charge in [0.25, 0.3) is 11.8 Å². The van der Waals surface area contributed by atoms with E-state index in [2.05, 4.69) is 9.97 Å². The zero-order chi connectivity index (χ0) is 20.7. The molecule has 7 heteroatoms. The monoisotopic (exact) mass is 400 g/mol. The van der Waals surface area contributed by atoms with Crippen molar-refractivity contribution in [3.8, 4) is 0 Å². The van der Waals surface area contributed by atoms with Crippen LogP contribution in [0.5, 0.6) is 0 Å². The molecule has 1 N–H and O–H groups in total. The normalized spacial score (nSPS) is 22.0. The molecule has 0 radical (unpaired) electrons. The third-order valence-corrected chi connectivity index (χ3v) is 5.93. The summed E-state index contributed by atoms with van der Waals surface area (Å²) in [5.74, 6) is -0.480. The van der Waals surface area contributed by atoms with Crippen LogP contribution in [0.3, 0.4) is 0 Å². The van der Waals surface area contributed by atoms with Crippen LogP contribution in [0.4, 0.5) is 5.69 Å². The number of fused-ring (bicyclic) bond motifs is 3. The molecule has 1 fully saturated rings. The number of hydrogen-bond donors (Lipinski definition) is 1. The number of rotatable bonds is 3. The highest BCUT2D eigenvalue weighted by molar-refractivity contribution is 6.06. The number of pyridine rings is 2. The first kappa shape index (κ1) is 18.4. The minimum absolute atomic E-state index is 0.0355. The maximum absolute atomic E-state index is 13.2. The van der Waals surface area contributed by atoms with Gasteiger partial charge in [-0.05, 0) is 35.9 Å². The van der Waals surface area contributed by atoms with Crippen molar-refractivity contribution >= 4 is 17.5 Å². The molecular formula is C23H20N4O3. The Kier molecular flexibility index (Phi) is 4.52. The van der Waals surface area contributed by atoms with Crippen LogP contribution in [-0.4, -0.2) is 57.0 Å². The quantitative estimate of drug-likeness (QED) is 0.728. The summed E-state index contributed by atoms with van der Waals surface area (Å²) in [6.45, 7) is 0.189. The maximum Gasteiger partial charge on any atom is 0.276 e. The van der Waals surface area contributed by atoms with Gasteiger partial charge in [0.05, 0.1) is 18.7 Å². The Labute approximate surface area is 173 Å². The molecule has 0 spiro atoms.